The topological polar surface area (TPSA) is 113 Å². The third-order valence-electron chi connectivity index (χ3n) is 6.39. The van der Waals surface area contributed by atoms with E-state index in [2.05, 4.69) is 20.8 Å². The summed E-state index contributed by atoms with van der Waals surface area (Å²) in [6.07, 6.45) is 0.787. The van der Waals surface area contributed by atoms with Crippen molar-refractivity contribution in [3.05, 3.63) is 59.4 Å². The normalized spacial score (nSPS) is 19.5. The van der Waals surface area contributed by atoms with Crippen molar-refractivity contribution in [1.82, 2.24) is 25.1 Å². The number of rotatable bonds is 4. The lowest BCUT2D eigenvalue weighted by molar-refractivity contribution is -0.120. The monoisotopic (exact) mass is 445 g/mol. The molecule has 3 aromatic rings. The van der Waals surface area contributed by atoms with Gasteiger partial charge in [0.1, 0.15) is 12.2 Å². The molecule has 5 rings (SSSR count). The van der Waals surface area contributed by atoms with E-state index < -0.39 is 5.66 Å². The first-order valence-corrected chi connectivity index (χ1v) is 10.7. The Morgan fingerprint density at radius 3 is 2.67 bits per heavy atom. The van der Waals surface area contributed by atoms with Gasteiger partial charge >= 0.3 is 0 Å². The number of carbonyl (C=O) groups excluding carboxylic acids is 3. The van der Waals surface area contributed by atoms with E-state index >= 15 is 0 Å². The predicted octanol–water partition coefficient (Wildman–Crippen LogP) is 2.22. The highest BCUT2D eigenvalue weighted by Crippen LogP contribution is 2.43. The number of benzene rings is 2. The number of nitrogens with one attached hydrogen (secondary N) is 1. The molecule has 1 atom stereocenters. The minimum Gasteiger partial charge on any atom is -0.324 e. The Morgan fingerprint density at radius 2 is 1.91 bits per heavy atom. The number of amides is 3. The molecule has 1 saturated heterocycles. The minimum absolute atomic E-state index is 0.0529. The average molecular weight is 445 g/mol. The van der Waals surface area contributed by atoms with Gasteiger partial charge in [-0.3, -0.25) is 19.3 Å². The van der Waals surface area contributed by atoms with Crippen LogP contribution in [-0.4, -0.2) is 55.0 Å². The highest BCUT2D eigenvalue weighted by molar-refractivity contribution is 6.11. The van der Waals surface area contributed by atoms with Crippen molar-refractivity contribution < 1.29 is 14.4 Å². The van der Waals surface area contributed by atoms with Gasteiger partial charge in [-0.05, 0) is 67.4 Å². The Balaban J connectivity index is 1.42. The van der Waals surface area contributed by atoms with E-state index in [1.165, 1.54) is 4.90 Å². The Labute approximate surface area is 190 Å². The maximum Gasteiger partial charge on any atom is 0.258 e. The number of carbonyl (C=O) groups is 3. The van der Waals surface area contributed by atoms with E-state index in [-0.39, 0.29) is 24.3 Å². The Bertz CT molecular complexity index is 1300. The molecule has 3 heterocycles. The molecule has 2 aliphatic rings. The summed E-state index contributed by atoms with van der Waals surface area (Å²) >= 11 is 0. The van der Waals surface area contributed by atoms with Crippen LogP contribution in [0.3, 0.4) is 0 Å². The van der Waals surface area contributed by atoms with Gasteiger partial charge in [-0.25, -0.2) is 0 Å². The fourth-order valence-electron chi connectivity index (χ4n) is 4.66. The first-order valence-electron chi connectivity index (χ1n) is 10.7. The van der Waals surface area contributed by atoms with Gasteiger partial charge in [0, 0.05) is 12.1 Å². The molecule has 1 aromatic heterocycles. The van der Waals surface area contributed by atoms with Crippen LogP contribution in [0, 0.1) is 13.8 Å². The second-order valence-corrected chi connectivity index (χ2v) is 8.54. The van der Waals surface area contributed by atoms with Crippen LogP contribution in [0.4, 0.5) is 11.4 Å². The van der Waals surface area contributed by atoms with Crippen LogP contribution in [0.5, 0.6) is 0 Å². The van der Waals surface area contributed by atoms with Crippen molar-refractivity contribution >= 4 is 29.1 Å². The summed E-state index contributed by atoms with van der Waals surface area (Å²) in [5.41, 5.74) is 2.39. The number of fused-ring (bicyclic) bond motifs is 3. The zero-order valence-corrected chi connectivity index (χ0v) is 18.6. The molecule has 2 aliphatic heterocycles. The van der Waals surface area contributed by atoms with Crippen LogP contribution >= 0.6 is 0 Å². The lowest BCUT2D eigenvalue weighted by atomic mass is 9.98. The first kappa shape index (κ1) is 20.8. The summed E-state index contributed by atoms with van der Waals surface area (Å²) in [5.74, 6) is -0.0458. The van der Waals surface area contributed by atoms with Crippen LogP contribution in [0.25, 0.3) is 5.69 Å². The number of aromatic nitrogens is 4. The lowest BCUT2D eigenvalue weighted by Gasteiger charge is -2.48. The second-order valence-electron chi connectivity index (χ2n) is 8.54. The first-order chi connectivity index (χ1) is 15.8. The van der Waals surface area contributed by atoms with Crippen LogP contribution in [0.1, 0.15) is 41.5 Å². The molecular formula is C23H23N7O3. The molecule has 1 unspecified atom stereocenters. The summed E-state index contributed by atoms with van der Waals surface area (Å²) in [6, 6.07) is 12.5. The van der Waals surface area contributed by atoms with Gasteiger partial charge in [0.2, 0.25) is 11.8 Å². The van der Waals surface area contributed by atoms with Crippen molar-refractivity contribution in [1.29, 1.82) is 0 Å². The van der Waals surface area contributed by atoms with E-state index in [4.69, 9.17) is 0 Å². The van der Waals surface area contributed by atoms with Crippen LogP contribution in [0.2, 0.25) is 0 Å². The fraction of sp³-hybridized carbons (Fsp3) is 0.304. The standard InChI is InChI=1S/C23H23N7O3/c1-14-8-9-16(12-19(14)30-15(2)25-26-27-30)24-20(31)13-28-22(33)17-6-4-5-7-18(17)29-21(32)10-11-23(28,29)3/h4-9,12H,10-11,13H2,1-3H3,(H,24,31). The number of hydrogen-bond acceptors (Lipinski definition) is 6. The number of para-hydroxylation sites is 1. The van der Waals surface area contributed by atoms with E-state index in [9.17, 15) is 14.4 Å². The minimum atomic E-state index is -0.887. The van der Waals surface area contributed by atoms with Gasteiger partial charge < -0.3 is 10.2 Å². The molecule has 1 fully saturated rings. The molecule has 168 valence electrons. The highest BCUT2D eigenvalue weighted by Gasteiger charge is 2.53. The quantitative estimate of drug-likeness (QED) is 0.659. The predicted molar refractivity (Wildman–Crippen MR) is 120 cm³/mol. The van der Waals surface area contributed by atoms with E-state index in [1.807, 2.05) is 26.0 Å². The van der Waals surface area contributed by atoms with Crippen molar-refractivity contribution in [2.75, 3.05) is 16.8 Å². The van der Waals surface area contributed by atoms with Crippen LogP contribution in [-0.2, 0) is 9.59 Å². The molecule has 0 radical (unpaired) electrons. The lowest BCUT2D eigenvalue weighted by Crippen LogP contribution is -2.63. The molecular weight excluding hydrogens is 422 g/mol. The number of hydrogen-bond donors (Lipinski definition) is 1. The fourth-order valence-corrected chi connectivity index (χ4v) is 4.66. The largest absolute Gasteiger partial charge is 0.324 e. The van der Waals surface area contributed by atoms with Crippen molar-refractivity contribution in [3.63, 3.8) is 0 Å². The van der Waals surface area contributed by atoms with E-state index in [1.54, 1.807) is 46.8 Å². The number of nitrogens with zero attached hydrogens (tertiary/aromatic N) is 6. The Morgan fingerprint density at radius 1 is 1.12 bits per heavy atom. The van der Waals surface area contributed by atoms with Gasteiger partial charge in [-0.15, -0.1) is 5.10 Å². The highest BCUT2D eigenvalue weighted by atomic mass is 16.2. The van der Waals surface area contributed by atoms with Gasteiger partial charge in [-0.2, -0.15) is 4.68 Å². The van der Waals surface area contributed by atoms with E-state index in [0.29, 0.717) is 35.6 Å². The summed E-state index contributed by atoms with van der Waals surface area (Å²) in [5, 5.41) is 14.5. The van der Waals surface area contributed by atoms with Gasteiger partial charge in [0.05, 0.1) is 16.9 Å². The molecule has 1 N–H and O–H groups in total. The van der Waals surface area contributed by atoms with Crippen molar-refractivity contribution in [2.45, 2.75) is 39.3 Å². The molecule has 10 nitrogen and oxygen atoms in total. The molecule has 3 amide bonds. The van der Waals surface area contributed by atoms with Crippen molar-refractivity contribution in [2.24, 2.45) is 0 Å². The number of anilines is 2. The van der Waals surface area contributed by atoms with Crippen molar-refractivity contribution in [3.8, 4) is 5.69 Å². The van der Waals surface area contributed by atoms with Crippen LogP contribution < -0.4 is 10.2 Å². The second kappa shape index (κ2) is 7.51. The molecule has 0 aliphatic carbocycles. The summed E-state index contributed by atoms with van der Waals surface area (Å²) in [7, 11) is 0. The molecule has 2 aromatic carbocycles. The molecule has 0 spiro atoms. The smallest absolute Gasteiger partial charge is 0.258 e. The molecule has 10 heteroatoms. The summed E-state index contributed by atoms with van der Waals surface area (Å²) in [6.45, 7) is 5.38. The maximum absolute atomic E-state index is 13.3. The molecule has 33 heavy (non-hydrogen) atoms. The van der Waals surface area contributed by atoms with E-state index in [0.717, 1.165) is 11.3 Å². The van der Waals surface area contributed by atoms with Gasteiger partial charge in [-0.1, -0.05) is 18.2 Å². The van der Waals surface area contributed by atoms with Crippen LogP contribution in [0.15, 0.2) is 42.5 Å². The third kappa shape index (κ3) is 3.25. The number of tetrazole rings is 1. The molecule has 0 saturated carbocycles. The summed E-state index contributed by atoms with van der Waals surface area (Å²) < 4.78 is 1.60. The SMILES string of the molecule is Cc1ccc(NC(=O)CN2C(=O)c3ccccc3N3C(=O)CCC23C)cc1-n1nnnc1C. The summed E-state index contributed by atoms with van der Waals surface area (Å²) in [4.78, 5) is 42.2. The third-order valence-corrected chi connectivity index (χ3v) is 6.39. The zero-order valence-electron chi connectivity index (χ0n) is 18.6. The number of aryl methyl sites for hydroxylation is 2. The Kier molecular flexibility index (Phi) is 4.73. The Hall–Kier alpha value is -4.08. The molecule has 0 bridgehead atoms. The van der Waals surface area contributed by atoms with Gasteiger partial charge in [0.15, 0.2) is 5.82 Å². The zero-order chi connectivity index (χ0) is 23.3. The van der Waals surface area contributed by atoms with Gasteiger partial charge in [0.25, 0.3) is 5.91 Å². The average Bonchev–Trinajstić information content (AvgIpc) is 3.35. The maximum atomic E-state index is 13.3.